The molecule has 58 valence electrons. The monoisotopic (exact) mass is 216 g/mol. The molecule has 0 aliphatic rings. The molecule has 0 saturated carbocycles. The molecule has 1 N–H and O–H groups in total. The van der Waals surface area contributed by atoms with Crippen LogP contribution in [0.15, 0.2) is 10.8 Å². The Bertz CT molecular complexity index is 301. The van der Waals surface area contributed by atoms with Crippen LogP contribution in [-0.2, 0) is 0 Å². The molecular formula is C6H5BrN2O2. The van der Waals surface area contributed by atoms with Gasteiger partial charge in [0.2, 0.25) is 0 Å². The summed E-state index contributed by atoms with van der Waals surface area (Å²) in [6.07, 6.45) is 1.23. The molecule has 0 aliphatic heterocycles. The molecule has 0 spiro atoms. The molecule has 0 aliphatic carbocycles. The number of aromatic nitrogens is 2. The van der Waals surface area contributed by atoms with E-state index < -0.39 is 5.97 Å². The molecule has 0 saturated heterocycles. The van der Waals surface area contributed by atoms with Crippen LogP contribution in [0.5, 0.6) is 0 Å². The second kappa shape index (κ2) is 2.96. The topological polar surface area (TPSA) is 63.1 Å². The molecule has 11 heavy (non-hydrogen) atoms. The number of carboxylic acid groups (broad SMARTS) is 1. The van der Waals surface area contributed by atoms with E-state index in [1.54, 1.807) is 6.92 Å². The average molecular weight is 217 g/mol. The fourth-order valence-electron chi connectivity index (χ4n) is 0.607. The SMILES string of the molecule is Cc1ncnc(C(=O)O)c1Br. The van der Waals surface area contributed by atoms with Gasteiger partial charge in [0.15, 0.2) is 5.69 Å². The number of hydrogen-bond acceptors (Lipinski definition) is 3. The van der Waals surface area contributed by atoms with E-state index in [1.165, 1.54) is 6.33 Å². The van der Waals surface area contributed by atoms with Crippen LogP contribution >= 0.6 is 15.9 Å². The summed E-state index contributed by atoms with van der Waals surface area (Å²) in [5.74, 6) is -1.05. The molecule has 0 unspecified atom stereocenters. The number of carboxylic acids is 1. The number of halogens is 1. The normalized spacial score (nSPS) is 9.64. The van der Waals surface area contributed by atoms with Gasteiger partial charge in [0.1, 0.15) is 6.33 Å². The molecule has 1 rings (SSSR count). The summed E-state index contributed by atoms with van der Waals surface area (Å²) in [6.45, 7) is 1.71. The predicted octanol–water partition coefficient (Wildman–Crippen LogP) is 1.25. The second-order valence-electron chi connectivity index (χ2n) is 1.93. The van der Waals surface area contributed by atoms with Crippen molar-refractivity contribution in [1.29, 1.82) is 0 Å². The number of aromatic carboxylic acids is 1. The lowest BCUT2D eigenvalue weighted by Crippen LogP contribution is -2.03. The molecule has 5 heteroatoms. The lowest BCUT2D eigenvalue weighted by Gasteiger charge is -1.98. The van der Waals surface area contributed by atoms with Crippen LogP contribution in [0.1, 0.15) is 16.2 Å². The molecule has 0 amide bonds. The van der Waals surface area contributed by atoms with Crippen LogP contribution in [-0.4, -0.2) is 21.0 Å². The lowest BCUT2D eigenvalue weighted by atomic mass is 10.3. The summed E-state index contributed by atoms with van der Waals surface area (Å²) in [5.41, 5.74) is 0.620. The number of aryl methyl sites for hydroxylation is 1. The van der Waals surface area contributed by atoms with E-state index in [9.17, 15) is 4.79 Å². The van der Waals surface area contributed by atoms with Gasteiger partial charge in [-0.15, -0.1) is 0 Å². The van der Waals surface area contributed by atoms with Crippen molar-refractivity contribution in [3.63, 3.8) is 0 Å². The minimum Gasteiger partial charge on any atom is -0.476 e. The standard InChI is InChI=1S/C6H5BrN2O2/c1-3-4(7)5(6(10)11)9-2-8-3/h2H,1H3,(H,10,11). The summed E-state index contributed by atoms with van der Waals surface area (Å²) in [6, 6.07) is 0. The maximum Gasteiger partial charge on any atom is 0.355 e. The number of nitrogens with zero attached hydrogens (tertiary/aromatic N) is 2. The van der Waals surface area contributed by atoms with Crippen molar-refractivity contribution < 1.29 is 9.90 Å². The Hall–Kier alpha value is -0.970. The van der Waals surface area contributed by atoms with Crippen LogP contribution in [0.3, 0.4) is 0 Å². The van der Waals surface area contributed by atoms with Crippen molar-refractivity contribution in [2.75, 3.05) is 0 Å². The fourth-order valence-corrected chi connectivity index (χ4v) is 0.981. The van der Waals surface area contributed by atoms with Gasteiger partial charge in [-0.2, -0.15) is 0 Å². The summed E-state index contributed by atoms with van der Waals surface area (Å²) in [7, 11) is 0. The quantitative estimate of drug-likeness (QED) is 0.768. The summed E-state index contributed by atoms with van der Waals surface area (Å²) >= 11 is 3.07. The van der Waals surface area contributed by atoms with Crippen LogP contribution in [0.4, 0.5) is 0 Å². The number of carbonyl (C=O) groups is 1. The first-order chi connectivity index (χ1) is 5.13. The molecule has 1 aromatic rings. The Balaban J connectivity index is 3.27. The summed E-state index contributed by atoms with van der Waals surface area (Å²) in [4.78, 5) is 17.8. The van der Waals surface area contributed by atoms with E-state index in [0.29, 0.717) is 10.2 Å². The highest BCUT2D eigenvalue weighted by atomic mass is 79.9. The van der Waals surface area contributed by atoms with E-state index in [0.717, 1.165) is 0 Å². The first kappa shape index (κ1) is 8.13. The van der Waals surface area contributed by atoms with Crippen LogP contribution in [0.2, 0.25) is 0 Å². The maximum atomic E-state index is 10.5. The average Bonchev–Trinajstić information content (AvgIpc) is 1.94. The minimum absolute atomic E-state index is 0.00231. The molecule has 4 nitrogen and oxygen atoms in total. The van der Waals surface area contributed by atoms with Gasteiger partial charge in [0.25, 0.3) is 0 Å². The molecular weight excluding hydrogens is 212 g/mol. The largest absolute Gasteiger partial charge is 0.476 e. The zero-order valence-electron chi connectivity index (χ0n) is 5.71. The van der Waals surface area contributed by atoms with Gasteiger partial charge in [-0.3, -0.25) is 0 Å². The molecule has 1 heterocycles. The van der Waals surface area contributed by atoms with E-state index in [2.05, 4.69) is 25.9 Å². The highest BCUT2D eigenvalue weighted by molar-refractivity contribution is 9.10. The smallest absolute Gasteiger partial charge is 0.355 e. The van der Waals surface area contributed by atoms with Crippen molar-refractivity contribution in [2.24, 2.45) is 0 Å². The van der Waals surface area contributed by atoms with Crippen molar-refractivity contribution in [2.45, 2.75) is 6.92 Å². The number of hydrogen-bond donors (Lipinski definition) is 1. The molecule has 0 atom stereocenters. The van der Waals surface area contributed by atoms with Crippen LogP contribution in [0.25, 0.3) is 0 Å². The van der Waals surface area contributed by atoms with Crippen LogP contribution < -0.4 is 0 Å². The fraction of sp³-hybridized carbons (Fsp3) is 0.167. The van der Waals surface area contributed by atoms with Gasteiger partial charge in [-0.1, -0.05) is 0 Å². The van der Waals surface area contributed by atoms with E-state index in [4.69, 9.17) is 5.11 Å². The molecule has 1 aromatic heterocycles. The van der Waals surface area contributed by atoms with E-state index >= 15 is 0 Å². The zero-order valence-corrected chi connectivity index (χ0v) is 7.29. The third kappa shape index (κ3) is 1.54. The van der Waals surface area contributed by atoms with Gasteiger partial charge >= 0.3 is 5.97 Å². The highest BCUT2D eigenvalue weighted by Gasteiger charge is 2.11. The van der Waals surface area contributed by atoms with Crippen molar-refractivity contribution in [3.8, 4) is 0 Å². The third-order valence-corrected chi connectivity index (χ3v) is 2.12. The van der Waals surface area contributed by atoms with E-state index in [1.807, 2.05) is 0 Å². The van der Waals surface area contributed by atoms with Gasteiger partial charge in [-0.05, 0) is 22.9 Å². The minimum atomic E-state index is -1.05. The van der Waals surface area contributed by atoms with Crippen molar-refractivity contribution in [3.05, 3.63) is 22.2 Å². The first-order valence-corrected chi connectivity index (χ1v) is 3.62. The van der Waals surface area contributed by atoms with Gasteiger partial charge in [0.05, 0.1) is 10.2 Å². The third-order valence-electron chi connectivity index (χ3n) is 1.17. The summed E-state index contributed by atoms with van der Waals surface area (Å²) < 4.78 is 0.438. The van der Waals surface area contributed by atoms with Crippen molar-refractivity contribution in [1.82, 2.24) is 9.97 Å². The van der Waals surface area contributed by atoms with Gasteiger partial charge in [-0.25, -0.2) is 14.8 Å². The van der Waals surface area contributed by atoms with Crippen LogP contribution in [0, 0.1) is 6.92 Å². The molecule has 0 bridgehead atoms. The summed E-state index contributed by atoms with van der Waals surface area (Å²) in [5, 5.41) is 8.57. The van der Waals surface area contributed by atoms with Gasteiger partial charge < -0.3 is 5.11 Å². The maximum absolute atomic E-state index is 10.5. The Kier molecular flexibility index (Phi) is 2.19. The first-order valence-electron chi connectivity index (χ1n) is 2.83. The van der Waals surface area contributed by atoms with E-state index in [-0.39, 0.29) is 5.69 Å². The molecule has 0 fully saturated rings. The predicted molar refractivity (Wildman–Crippen MR) is 41.4 cm³/mol. The zero-order chi connectivity index (χ0) is 8.43. The molecule has 0 aromatic carbocycles. The van der Waals surface area contributed by atoms with Crippen molar-refractivity contribution >= 4 is 21.9 Å². The Labute approximate surface area is 71.4 Å². The Morgan fingerprint density at radius 2 is 2.27 bits per heavy atom. The van der Waals surface area contributed by atoms with Gasteiger partial charge in [0, 0.05) is 0 Å². The Morgan fingerprint density at radius 3 is 2.73 bits per heavy atom. The Morgan fingerprint density at radius 1 is 1.64 bits per heavy atom. The lowest BCUT2D eigenvalue weighted by molar-refractivity contribution is 0.0689. The highest BCUT2D eigenvalue weighted by Crippen LogP contribution is 2.16. The second-order valence-corrected chi connectivity index (χ2v) is 2.72. The molecule has 0 radical (unpaired) electrons. The number of rotatable bonds is 1.